The Hall–Kier alpha value is -3.92. The lowest BCUT2D eigenvalue weighted by Gasteiger charge is -2.31. The van der Waals surface area contributed by atoms with Crippen molar-refractivity contribution in [2.75, 3.05) is 16.8 Å². The number of para-hydroxylation sites is 1. The normalized spacial score (nSPS) is 13.8. The van der Waals surface area contributed by atoms with Crippen molar-refractivity contribution >= 4 is 45.7 Å². The highest BCUT2D eigenvalue weighted by atomic mass is 35.5. The van der Waals surface area contributed by atoms with Crippen LogP contribution in [0.2, 0.25) is 5.02 Å². The Balaban J connectivity index is 0.000000426. The summed E-state index contributed by atoms with van der Waals surface area (Å²) in [6.07, 6.45) is -3.07. The lowest BCUT2D eigenvalue weighted by atomic mass is 10.0. The number of nitrogens with one attached hydrogen (secondary N) is 1. The van der Waals surface area contributed by atoms with Crippen LogP contribution in [0.15, 0.2) is 60.7 Å². The third-order valence-corrected chi connectivity index (χ3v) is 6.17. The molecular weight excluding hydrogens is 519 g/mol. The molecular formula is C27H25ClF3N5O2. The molecule has 3 heterocycles. The number of pyridine rings is 1. The molecule has 1 unspecified atom stereocenters. The number of carboxylic acids is 1. The summed E-state index contributed by atoms with van der Waals surface area (Å²) in [5, 5.41) is 12.4. The van der Waals surface area contributed by atoms with E-state index in [-0.39, 0.29) is 6.04 Å². The molecule has 1 aliphatic rings. The van der Waals surface area contributed by atoms with Crippen LogP contribution in [0, 0.1) is 6.92 Å². The van der Waals surface area contributed by atoms with Crippen molar-refractivity contribution in [3.05, 3.63) is 82.9 Å². The molecule has 0 fully saturated rings. The first-order valence-electron chi connectivity index (χ1n) is 11.9. The van der Waals surface area contributed by atoms with E-state index < -0.39 is 12.1 Å². The second kappa shape index (κ2) is 11.2. The van der Waals surface area contributed by atoms with E-state index in [1.54, 1.807) is 0 Å². The van der Waals surface area contributed by atoms with E-state index in [9.17, 15) is 13.2 Å². The fourth-order valence-corrected chi connectivity index (χ4v) is 4.30. The number of benzene rings is 2. The zero-order valence-electron chi connectivity index (χ0n) is 20.6. The molecule has 1 aliphatic heterocycles. The van der Waals surface area contributed by atoms with E-state index in [1.165, 1.54) is 0 Å². The second-order valence-corrected chi connectivity index (χ2v) is 9.18. The number of nitrogens with zero attached hydrogens (tertiary/aromatic N) is 4. The molecule has 0 spiro atoms. The topological polar surface area (TPSA) is 91.2 Å². The molecule has 198 valence electrons. The van der Waals surface area contributed by atoms with E-state index in [1.807, 2.05) is 49.4 Å². The summed E-state index contributed by atoms with van der Waals surface area (Å²) in [6, 6.07) is 20.3. The van der Waals surface area contributed by atoms with Crippen molar-refractivity contribution in [1.29, 1.82) is 0 Å². The van der Waals surface area contributed by atoms with Crippen LogP contribution >= 0.6 is 11.6 Å². The summed E-state index contributed by atoms with van der Waals surface area (Å²) in [4.78, 5) is 25.6. The fourth-order valence-electron chi connectivity index (χ4n) is 4.18. The molecule has 1 atom stereocenters. The molecule has 11 heteroatoms. The predicted molar refractivity (Wildman–Crippen MR) is 141 cm³/mol. The lowest BCUT2D eigenvalue weighted by molar-refractivity contribution is -0.192. The van der Waals surface area contributed by atoms with Crippen LogP contribution in [0.1, 0.15) is 36.6 Å². The molecule has 0 saturated carbocycles. The second-order valence-electron chi connectivity index (χ2n) is 8.74. The Morgan fingerprint density at radius 3 is 2.42 bits per heavy atom. The highest BCUT2D eigenvalue weighted by Gasteiger charge is 2.38. The SMILES string of the molecule is Cc1nc(N2CCCc3nc(C(C)Nc4ccc(Cl)cc4)ccc32)c2ccccc2n1.O=C(O)C(F)(F)F. The van der Waals surface area contributed by atoms with Crippen LogP contribution in [0.4, 0.5) is 30.4 Å². The molecule has 0 bridgehead atoms. The Labute approximate surface area is 222 Å². The minimum absolute atomic E-state index is 0.0870. The minimum atomic E-state index is -5.08. The highest BCUT2D eigenvalue weighted by Crippen LogP contribution is 2.36. The van der Waals surface area contributed by atoms with Gasteiger partial charge in [-0.1, -0.05) is 23.7 Å². The lowest BCUT2D eigenvalue weighted by Crippen LogP contribution is -2.27. The summed E-state index contributed by atoms with van der Waals surface area (Å²) < 4.78 is 31.7. The predicted octanol–water partition coefficient (Wildman–Crippen LogP) is 6.88. The van der Waals surface area contributed by atoms with Gasteiger partial charge in [-0.2, -0.15) is 13.2 Å². The Morgan fingerprint density at radius 1 is 1.05 bits per heavy atom. The van der Waals surface area contributed by atoms with Gasteiger partial charge >= 0.3 is 12.1 Å². The molecule has 0 aliphatic carbocycles. The molecule has 2 N–H and O–H groups in total. The van der Waals surface area contributed by atoms with Gasteiger partial charge in [0.15, 0.2) is 0 Å². The fraction of sp³-hybridized carbons (Fsp3) is 0.259. The number of carboxylic acid groups (broad SMARTS) is 1. The number of hydrogen-bond acceptors (Lipinski definition) is 6. The van der Waals surface area contributed by atoms with Gasteiger partial charge in [0, 0.05) is 22.6 Å². The van der Waals surface area contributed by atoms with Crippen molar-refractivity contribution in [2.24, 2.45) is 0 Å². The number of anilines is 3. The van der Waals surface area contributed by atoms with Gasteiger partial charge in [0.2, 0.25) is 0 Å². The Bertz CT molecular complexity index is 1450. The van der Waals surface area contributed by atoms with Gasteiger partial charge in [0.05, 0.1) is 28.6 Å². The molecule has 2 aromatic carbocycles. The largest absolute Gasteiger partial charge is 0.490 e. The van der Waals surface area contributed by atoms with Crippen LogP contribution in [-0.2, 0) is 11.2 Å². The van der Waals surface area contributed by atoms with Crippen molar-refractivity contribution < 1.29 is 23.1 Å². The van der Waals surface area contributed by atoms with Gasteiger partial charge < -0.3 is 15.3 Å². The number of carbonyl (C=O) groups is 1. The van der Waals surface area contributed by atoms with Crippen molar-refractivity contribution in [1.82, 2.24) is 15.0 Å². The summed E-state index contributed by atoms with van der Waals surface area (Å²) in [5.74, 6) is -1.01. The number of aliphatic carboxylic acids is 1. The Morgan fingerprint density at radius 2 is 1.74 bits per heavy atom. The van der Waals surface area contributed by atoms with Crippen LogP contribution < -0.4 is 10.2 Å². The van der Waals surface area contributed by atoms with Crippen LogP contribution in [0.3, 0.4) is 0 Å². The van der Waals surface area contributed by atoms with Crippen LogP contribution in [0.25, 0.3) is 10.9 Å². The first kappa shape index (κ1) is 27.1. The van der Waals surface area contributed by atoms with Crippen molar-refractivity contribution in [3.63, 3.8) is 0 Å². The molecule has 4 aromatic rings. The molecule has 2 aromatic heterocycles. The average molecular weight is 544 g/mol. The first-order valence-corrected chi connectivity index (χ1v) is 12.2. The van der Waals surface area contributed by atoms with E-state index in [2.05, 4.69) is 40.3 Å². The van der Waals surface area contributed by atoms with Crippen molar-refractivity contribution in [2.45, 2.75) is 38.9 Å². The average Bonchev–Trinajstić information content (AvgIpc) is 2.88. The van der Waals surface area contributed by atoms with Gasteiger partial charge in [-0.3, -0.25) is 4.98 Å². The van der Waals surface area contributed by atoms with Gasteiger partial charge in [0.1, 0.15) is 11.6 Å². The van der Waals surface area contributed by atoms with E-state index in [4.69, 9.17) is 31.5 Å². The maximum absolute atomic E-state index is 10.6. The molecule has 0 amide bonds. The first-order chi connectivity index (χ1) is 18.0. The summed E-state index contributed by atoms with van der Waals surface area (Å²) in [6.45, 7) is 5.00. The van der Waals surface area contributed by atoms with E-state index in [0.29, 0.717) is 0 Å². The van der Waals surface area contributed by atoms with E-state index >= 15 is 0 Å². The van der Waals surface area contributed by atoms with Gasteiger partial charge in [-0.05, 0) is 75.2 Å². The van der Waals surface area contributed by atoms with Gasteiger partial charge in [0.25, 0.3) is 0 Å². The number of alkyl halides is 3. The van der Waals surface area contributed by atoms with Crippen LogP contribution in [-0.4, -0.2) is 38.7 Å². The summed E-state index contributed by atoms with van der Waals surface area (Å²) >= 11 is 6.00. The zero-order valence-corrected chi connectivity index (χ0v) is 21.4. The number of fused-ring (bicyclic) bond motifs is 2. The number of hydrogen-bond donors (Lipinski definition) is 2. The molecule has 0 saturated heterocycles. The number of aromatic nitrogens is 3. The number of aryl methyl sites for hydroxylation is 2. The molecule has 38 heavy (non-hydrogen) atoms. The van der Waals surface area contributed by atoms with Crippen molar-refractivity contribution in [3.8, 4) is 0 Å². The third-order valence-electron chi connectivity index (χ3n) is 5.92. The monoisotopic (exact) mass is 543 g/mol. The summed E-state index contributed by atoms with van der Waals surface area (Å²) in [5.41, 5.74) is 5.29. The van der Waals surface area contributed by atoms with E-state index in [0.717, 1.165) is 69.7 Å². The zero-order chi connectivity index (χ0) is 27.4. The quantitative estimate of drug-likeness (QED) is 0.290. The third kappa shape index (κ3) is 6.31. The summed E-state index contributed by atoms with van der Waals surface area (Å²) in [7, 11) is 0. The minimum Gasteiger partial charge on any atom is -0.475 e. The van der Waals surface area contributed by atoms with Gasteiger partial charge in [-0.25, -0.2) is 14.8 Å². The van der Waals surface area contributed by atoms with Crippen LogP contribution in [0.5, 0.6) is 0 Å². The molecule has 7 nitrogen and oxygen atoms in total. The maximum Gasteiger partial charge on any atom is 0.490 e. The smallest absolute Gasteiger partial charge is 0.475 e. The highest BCUT2D eigenvalue weighted by molar-refractivity contribution is 6.30. The number of halogens is 4. The Kier molecular flexibility index (Phi) is 8.01. The number of rotatable bonds is 4. The molecule has 5 rings (SSSR count). The molecule has 0 radical (unpaired) electrons. The van der Waals surface area contributed by atoms with Gasteiger partial charge in [-0.15, -0.1) is 0 Å². The standard InChI is InChI=1S/C25H24ClN5.C2HF3O2/c1-16(27-19-11-9-18(26)10-12-19)21-13-14-24-23(30-21)8-5-15-31(24)25-20-6-3-4-7-22(20)28-17(2)29-25;3-2(4,5)1(6)7/h3-4,6-7,9-14,16,27H,5,8,15H2,1-2H3;(H,6,7). The maximum atomic E-state index is 10.6.